The van der Waals surface area contributed by atoms with E-state index in [9.17, 15) is 9.90 Å². The van der Waals surface area contributed by atoms with Gasteiger partial charge in [0.05, 0.1) is 33.1 Å². The van der Waals surface area contributed by atoms with Crippen LogP contribution in [0.3, 0.4) is 0 Å². The minimum atomic E-state index is -0.454. The quantitative estimate of drug-likeness (QED) is 0.619. The first-order chi connectivity index (χ1) is 13.0. The number of hydrogen-bond acceptors (Lipinski definition) is 8. The fraction of sp³-hybridized carbons (Fsp3) is 0.333. The first-order valence-electron chi connectivity index (χ1n) is 8.69. The summed E-state index contributed by atoms with van der Waals surface area (Å²) in [4.78, 5) is 27.9. The van der Waals surface area contributed by atoms with Gasteiger partial charge in [0.25, 0.3) is 5.91 Å². The van der Waals surface area contributed by atoms with Gasteiger partial charge in [-0.1, -0.05) is 6.07 Å². The Morgan fingerprint density at radius 1 is 1.37 bits per heavy atom. The summed E-state index contributed by atoms with van der Waals surface area (Å²) in [5.41, 5.74) is 1.93. The zero-order chi connectivity index (χ0) is 19.0. The van der Waals surface area contributed by atoms with E-state index in [4.69, 9.17) is 0 Å². The second-order valence-electron chi connectivity index (χ2n) is 6.46. The molecule has 8 nitrogen and oxygen atoms in total. The minimum absolute atomic E-state index is 0.111. The largest absolute Gasteiger partial charge is 0.389 e. The average molecular weight is 384 g/mol. The van der Waals surface area contributed by atoms with Crippen LogP contribution in [0.15, 0.2) is 30.5 Å². The molecule has 0 aliphatic carbocycles. The Morgan fingerprint density at radius 2 is 2.19 bits per heavy atom. The van der Waals surface area contributed by atoms with Crippen molar-refractivity contribution in [3.8, 4) is 0 Å². The van der Waals surface area contributed by atoms with Gasteiger partial charge in [-0.05, 0) is 25.1 Å². The molecule has 0 bridgehead atoms. The highest BCUT2D eigenvalue weighted by Gasteiger charge is 2.32. The van der Waals surface area contributed by atoms with Crippen molar-refractivity contribution in [2.75, 3.05) is 30.8 Å². The van der Waals surface area contributed by atoms with Gasteiger partial charge in [0.1, 0.15) is 0 Å². The third-order valence-corrected chi connectivity index (χ3v) is 5.60. The van der Waals surface area contributed by atoms with Crippen LogP contribution in [0.4, 0.5) is 10.9 Å². The van der Waals surface area contributed by atoms with Crippen LogP contribution in [0.2, 0.25) is 0 Å². The molecule has 27 heavy (non-hydrogen) atoms. The Kier molecular flexibility index (Phi) is 4.63. The normalized spacial score (nSPS) is 15.4. The number of aliphatic hydroxyl groups is 1. The lowest BCUT2D eigenvalue weighted by molar-refractivity contribution is 0.00567. The van der Waals surface area contributed by atoms with Crippen LogP contribution in [-0.2, 0) is 0 Å². The van der Waals surface area contributed by atoms with Gasteiger partial charge in [0.15, 0.2) is 5.69 Å². The van der Waals surface area contributed by atoms with Gasteiger partial charge in [-0.3, -0.25) is 9.78 Å². The summed E-state index contributed by atoms with van der Waals surface area (Å²) in [5, 5.41) is 16.7. The molecule has 1 atom stereocenters. The molecular weight excluding hydrogens is 364 g/mol. The number of amides is 1. The van der Waals surface area contributed by atoms with E-state index < -0.39 is 6.10 Å². The highest BCUT2D eigenvalue weighted by Crippen LogP contribution is 2.32. The Balaban J connectivity index is 1.69. The molecule has 3 N–H and O–H groups in total. The lowest BCUT2D eigenvalue weighted by atomic mass is 10.1. The Bertz CT molecular complexity index is 971. The number of thiophene rings is 1. The lowest BCUT2D eigenvalue weighted by Gasteiger charge is -2.35. The van der Waals surface area contributed by atoms with Gasteiger partial charge in [-0.15, -0.1) is 11.3 Å². The molecule has 0 spiro atoms. The first-order valence-corrected chi connectivity index (χ1v) is 9.51. The molecular formula is C18H20N6O2S. The number of anilines is 2. The molecule has 0 saturated carbocycles. The highest BCUT2D eigenvalue weighted by molar-refractivity contribution is 7.23. The van der Waals surface area contributed by atoms with Gasteiger partial charge in [0.2, 0.25) is 5.95 Å². The molecule has 1 amide bonds. The van der Waals surface area contributed by atoms with Crippen molar-refractivity contribution in [1.82, 2.24) is 19.9 Å². The molecule has 4 rings (SSSR count). The zero-order valence-corrected chi connectivity index (χ0v) is 15.8. The van der Waals surface area contributed by atoms with Crippen molar-refractivity contribution in [2.24, 2.45) is 0 Å². The van der Waals surface area contributed by atoms with Gasteiger partial charge >= 0.3 is 0 Å². The molecule has 0 aromatic carbocycles. The van der Waals surface area contributed by atoms with Crippen molar-refractivity contribution in [2.45, 2.75) is 19.1 Å². The van der Waals surface area contributed by atoms with E-state index in [1.54, 1.807) is 11.1 Å². The number of pyridine rings is 1. The molecule has 0 radical (unpaired) electrons. The maximum atomic E-state index is 12.9. The van der Waals surface area contributed by atoms with Crippen LogP contribution in [0, 0.1) is 0 Å². The van der Waals surface area contributed by atoms with Gasteiger partial charge in [-0.25, -0.2) is 9.97 Å². The molecule has 9 heteroatoms. The SMILES string of the molecule is CNc1cc2nc(N[C@@H](C)c3ccccn3)nc(C(=O)N3CC(O)C3)c2s1. The summed E-state index contributed by atoms with van der Waals surface area (Å²) in [6.45, 7) is 2.64. The molecule has 1 aliphatic rings. The standard InChI is InChI=1S/C18H20N6O2S/c1-10(12-5-3-4-6-20-12)21-18-22-13-7-14(19-2)27-16(13)15(23-18)17(26)24-8-11(25)9-24/h3-7,10-11,19,25H,8-9H2,1-2H3,(H,21,22,23)/t10-/m0/s1. The van der Waals surface area contributed by atoms with Crippen molar-refractivity contribution in [3.05, 3.63) is 41.9 Å². The molecule has 3 aromatic rings. The van der Waals surface area contributed by atoms with Crippen molar-refractivity contribution >= 4 is 38.4 Å². The van der Waals surface area contributed by atoms with Crippen LogP contribution in [-0.4, -0.2) is 57.1 Å². The minimum Gasteiger partial charge on any atom is -0.389 e. The number of fused-ring (bicyclic) bond motifs is 1. The summed E-state index contributed by atoms with van der Waals surface area (Å²) in [6, 6.07) is 7.50. The Morgan fingerprint density at radius 3 is 2.85 bits per heavy atom. The number of likely N-dealkylation sites (tertiary alicyclic amines) is 1. The predicted octanol–water partition coefficient (Wildman–Crippen LogP) is 2.12. The van der Waals surface area contributed by atoms with E-state index in [1.165, 1.54) is 11.3 Å². The fourth-order valence-electron chi connectivity index (χ4n) is 2.93. The van der Waals surface area contributed by atoms with E-state index in [0.717, 1.165) is 15.4 Å². The molecule has 4 heterocycles. The average Bonchev–Trinajstić information content (AvgIpc) is 3.08. The smallest absolute Gasteiger partial charge is 0.274 e. The number of nitrogens with one attached hydrogen (secondary N) is 2. The number of rotatable bonds is 5. The van der Waals surface area contributed by atoms with Crippen LogP contribution < -0.4 is 10.6 Å². The van der Waals surface area contributed by atoms with Crippen molar-refractivity contribution in [3.63, 3.8) is 0 Å². The highest BCUT2D eigenvalue weighted by atomic mass is 32.1. The van der Waals surface area contributed by atoms with E-state index in [0.29, 0.717) is 30.2 Å². The van der Waals surface area contributed by atoms with E-state index in [1.807, 2.05) is 38.2 Å². The molecule has 3 aromatic heterocycles. The van der Waals surface area contributed by atoms with Gasteiger partial charge < -0.3 is 20.6 Å². The Hall–Kier alpha value is -2.78. The van der Waals surface area contributed by atoms with Crippen molar-refractivity contribution in [1.29, 1.82) is 0 Å². The van der Waals surface area contributed by atoms with Crippen LogP contribution >= 0.6 is 11.3 Å². The third kappa shape index (κ3) is 3.43. The predicted molar refractivity (Wildman–Crippen MR) is 105 cm³/mol. The van der Waals surface area contributed by atoms with Crippen LogP contribution in [0.25, 0.3) is 10.2 Å². The number of aliphatic hydroxyl groups excluding tert-OH is 1. The second-order valence-corrected chi connectivity index (χ2v) is 7.51. The second kappa shape index (κ2) is 7.09. The summed E-state index contributed by atoms with van der Waals surface area (Å²) < 4.78 is 0.738. The van der Waals surface area contributed by atoms with Gasteiger partial charge in [-0.2, -0.15) is 0 Å². The number of β-amino-alcohol motifs (C(OH)–C–C–N with tert-alkyl or cyclic N) is 1. The van der Waals surface area contributed by atoms with E-state index in [-0.39, 0.29) is 11.9 Å². The van der Waals surface area contributed by atoms with Crippen LogP contribution in [0.1, 0.15) is 29.1 Å². The summed E-state index contributed by atoms with van der Waals surface area (Å²) in [7, 11) is 1.83. The number of hydrogen-bond donors (Lipinski definition) is 3. The third-order valence-electron chi connectivity index (χ3n) is 4.45. The maximum Gasteiger partial charge on any atom is 0.274 e. The Labute approximate surface area is 160 Å². The number of carbonyl (C=O) groups is 1. The number of carbonyl (C=O) groups excluding carboxylic acids is 1. The number of aromatic nitrogens is 3. The van der Waals surface area contributed by atoms with Gasteiger partial charge in [0, 0.05) is 26.3 Å². The van der Waals surface area contributed by atoms with Crippen LogP contribution in [0.5, 0.6) is 0 Å². The first kappa shape index (κ1) is 17.6. The lowest BCUT2D eigenvalue weighted by Crippen LogP contribution is -2.53. The topological polar surface area (TPSA) is 103 Å². The molecule has 1 fully saturated rings. The number of nitrogens with zero attached hydrogens (tertiary/aromatic N) is 4. The maximum absolute atomic E-state index is 12.9. The summed E-state index contributed by atoms with van der Waals surface area (Å²) >= 11 is 1.44. The van der Waals surface area contributed by atoms with E-state index in [2.05, 4.69) is 25.6 Å². The molecule has 1 aliphatic heterocycles. The molecule has 0 unspecified atom stereocenters. The van der Waals surface area contributed by atoms with Crippen molar-refractivity contribution < 1.29 is 9.90 Å². The summed E-state index contributed by atoms with van der Waals surface area (Å²) in [6.07, 6.45) is 1.28. The molecule has 140 valence electrons. The fourth-order valence-corrected chi connectivity index (χ4v) is 3.86. The summed E-state index contributed by atoms with van der Waals surface area (Å²) in [5.74, 6) is 0.191. The van der Waals surface area contributed by atoms with E-state index >= 15 is 0 Å². The molecule has 1 saturated heterocycles. The zero-order valence-electron chi connectivity index (χ0n) is 15.0. The monoisotopic (exact) mass is 384 g/mol.